The molecule has 3 heteroatoms. The Morgan fingerprint density at radius 1 is 1.18 bits per heavy atom. The summed E-state index contributed by atoms with van der Waals surface area (Å²) in [7, 11) is 6.04. The molecule has 1 rings (SSSR count). The van der Waals surface area contributed by atoms with Gasteiger partial charge in [-0.3, -0.25) is 0 Å². The van der Waals surface area contributed by atoms with Gasteiger partial charge in [0, 0.05) is 12.1 Å². The molecular weight excluding hydrogens is 138 g/mol. The summed E-state index contributed by atoms with van der Waals surface area (Å²) in [5.41, 5.74) is 0. The maximum Gasteiger partial charge on any atom is 0.0548 e. The molecule has 0 bridgehead atoms. The molecule has 0 aromatic rings. The van der Waals surface area contributed by atoms with Crippen LogP contribution in [-0.2, 0) is 0 Å². The average Bonchev–Trinajstić information content (AvgIpc) is 2.46. The Morgan fingerprint density at radius 2 is 1.91 bits per heavy atom. The summed E-state index contributed by atoms with van der Waals surface area (Å²) in [6, 6.07) is 2.62. The van der Waals surface area contributed by atoms with Crippen LogP contribution in [0.15, 0.2) is 0 Å². The molecule has 1 aliphatic carbocycles. The summed E-state index contributed by atoms with van der Waals surface area (Å²) in [4.78, 5) is 0. The number of rotatable bonds is 3. The third-order valence-corrected chi connectivity index (χ3v) is 2.48. The highest BCUT2D eigenvalue weighted by molar-refractivity contribution is 5.08. The monoisotopic (exact) mass is 156 g/mol. The van der Waals surface area contributed by atoms with E-state index in [1.807, 2.05) is 21.1 Å². The quantitative estimate of drug-likeness (QED) is 0.525. The molecule has 0 amide bonds. The molecule has 2 atom stereocenters. The molecule has 0 aromatic heterocycles. The van der Waals surface area contributed by atoms with Gasteiger partial charge in [-0.1, -0.05) is 0 Å². The van der Waals surface area contributed by atoms with Gasteiger partial charge < -0.3 is 16.0 Å². The van der Waals surface area contributed by atoms with Crippen molar-refractivity contribution in [3.63, 3.8) is 0 Å². The standard InChI is InChI=1S/C8H18N3/c1-9-6-4-7(10-2)8(5-6)11-3/h6-7,9-11H,4-5H2,1-3H3. The summed E-state index contributed by atoms with van der Waals surface area (Å²) < 4.78 is 0. The molecule has 0 aliphatic heterocycles. The van der Waals surface area contributed by atoms with Crippen LogP contribution in [0.1, 0.15) is 12.8 Å². The first-order valence-electron chi connectivity index (χ1n) is 4.19. The zero-order chi connectivity index (χ0) is 8.27. The minimum atomic E-state index is 0.553. The topological polar surface area (TPSA) is 36.1 Å². The van der Waals surface area contributed by atoms with E-state index in [9.17, 15) is 0 Å². The fraction of sp³-hybridized carbons (Fsp3) is 0.875. The molecule has 0 heterocycles. The number of likely N-dealkylation sites (N-methyl/N-ethyl adjacent to an activating group) is 2. The molecule has 0 saturated heterocycles. The van der Waals surface area contributed by atoms with Crippen LogP contribution >= 0.6 is 0 Å². The van der Waals surface area contributed by atoms with Crippen LogP contribution in [0.3, 0.4) is 0 Å². The van der Waals surface area contributed by atoms with Crippen LogP contribution in [0.2, 0.25) is 0 Å². The minimum absolute atomic E-state index is 0.553. The van der Waals surface area contributed by atoms with Gasteiger partial charge in [0.15, 0.2) is 0 Å². The Bertz CT molecular complexity index is 104. The van der Waals surface area contributed by atoms with Crippen molar-refractivity contribution in [2.24, 2.45) is 0 Å². The van der Waals surface area contributed by atoms with Crippen molar-refractivity contribution in [1.29, 1.82) is 0 Å². The van der Waals surface area contributed by atoms with Crippen molar-refractivity contribution in [2.45, 2.75) is 24.9 Å². The molecule has 0 aromatic carbocycles. The zero-order valence-corrected chi connectivity index (χ0v) is 7.57. The van der Waals surface area contributed by atoms with Crippen LogP contribution in [0.5, 0.6) is 0 Å². The molecule has 0 spiro atoms. The molecule has 1 saturated carbocycles. The lowest BCUT2D eigenvalue weighted by Gasteiger charge is -2.15. The van der Waals surface area contributed by atoms with E-state index < -0.39 is 0 Å². The van der Waals surface area contributed by atoms with Gasteiger partial charge in [0.05, 0.1) is 6.04 Å². The number of hydrogen-bond donors (Lipinski definition) is 3. The highest BCUT2D eigenvalue weighted by Crippen LogP contribution is 2.24. The molecule has 65 valence electrons. The molecule has 3 nitrogen and oxygen atoms in total. The normalized spacial score (nSPS) is 33.0. The lowest BCUT2D eigenvalue weighted by Crippen LogP contribution is -2.34. The van der Waals surface area contributed by atoms with Crippen molar-refractivity contribution < 1.29 is 0 Å². The van der Waals surface area contributed by atoms with Crippen LogP contribution in [0.25, 0.3) is 0 Å². The van der Waals surface area contributed by atoms with Gasteiger partial charge in [-0.25, -0.2) is 0 Å². The second kappa shape index (κ2) is 4.04. The van der Waals surface area contributed by atoms with Gasteiger partial charge in [0.1, 0.15) is 0 Å². The third-order valence-electron chi connectivity index (χ3n) is 2.48. The maximum atomic E-state index is 3.29. The van der Waals surface area contributed by atoms with E-state index in [0.29, 0.717) is 12.1 Å². The first-order valence-corrected chi connectivity index (χ1v) is 4.19. The Balaban J connectivity index is 2.41. The molecular formula is C8H18N3. The molecule has 1 radical (unpaired) electrons. The third kappa shape index (κ3) is 1.92. The predicted molar refractivity (Wildman–Crippen MR) is 47.2 cm³/mol. The van der Waals surface area contributed by atoms with Gasteiger partial charge in [-0.2, -0.15) is 0 Å². The number of nitrogens with one attached hydrogen (secondary N) is 3. The molecule has 1 aliphatic rings. The SMILES string of the molecule is CN[C]1CC(NC)CC1NC. The second-order valence-electron chi connectivity index (χ2n) is 3.04. The fourth-order valence-corrected chi connectivity index (χ4v) is 1.71. The van der Waals surface area contributed by atoms with E-state index in [1.165, 1.54) is 12.5 Å². The summed E-state index contributed by atoms with van der Waals surface area (Å²) in [6.45, 7) is 0. The smallest absolute Gasteiger partial charge is 0.0548 e. The largest absolute Gasteiger partial charge is 0.317 e. The van der Waals surface area contributed by atoms with Gasteiger partial charge in [-0.05, 0) is 34.0 Å². The predicted octanol–water partition coefficient (Wildman–Crippen LogP) is -0.292. The summed E-state index contributed by atoms with van der Waals surface area (Å²) in [6.07, 6.45) is 2.35. The van der Waals surface area contributed by atoms with E-state index in [4.69, 9.17) is 0 Å². The van der Waals surface area contributed by atoms with E-state index in [0.717, 1.165) is 6.42 Å². The van der Waals surface area contributed by atoms with Gasteiger partial charge in [0.25, 0.3) is 0 Å². The maximum absolute atomic E-state index is 3.29. The van der Waals surface area contributed by atoms with E-state index in [2.05, 4.69) is 16.0 Å². The molecule has 2 unspecified atom stereocenters. The van der Waals surface area contributed by atoms with E-state index in [-0.39, 0.29) is 0 Å². The Kier molecular flexibility index (Phi) is 3.30. The van der Waals surface area contributed by atoms with Crippen molar-refractivity contribution in [2.75, 3.05) is 21.1 Å². The molecule has 1 fully saturated rings. The summed E-state index contributed by atoms with van der Waals surface area (Å²) in [5.74, 6) is 0. The van der Waals surface area contributed by atoms with Crippen molar-refractivity contribution >= 4 is 0 Å². The van der Waals surface area contributed by atoms with Crippen molar-refractivity contribution in [3.05, 3.63) is 6.04 Å². The summed E-state index contributed by atoms with van der Waals surface area (Å²) >= 11 is 0. The van der Waals surface area contributed by atoms with Crippen molar-refractivity contribution in [3.8, 4) is 0 Å². The Labute approximate surface area is 68.9 Å². The van der Waals surface area contributed by atoms with Crippen LogP contribution < -0.4 is 16.0 Å². The highest BCUT2D eigenvalue weighted by atomic mass is 15.0. The Hall–Kier alpha value is -0.120. The Morgan fingerprint density at radius 3 is 2.27 bits per heavy atom. The lowest BCUT2D eigenvalue weighted by atomic mass is 10.2. The second-order valence-corrected chi connectivity index (χ2v) is 3.04. The molecule has 3 N–H and O–H groups in total. The highest BCUT2D eigenvalue weighted by Gasteiger charge is 2.31. The zero-order valence-electron chi connectivity index (χ0n) is 7.57. The number of hydrogen-bond acceptors (Lipinski definition) is 3. The fourth-order valence-electron chi connectivity index (χ4n) is 1.71. The first kappa shape index (κ1) is 8.97. The van der Waals surface area contributed by atoms with E-state index >= 15 is 0 Å². The van der Waals surface area contributed by atoms with Gasteiger partial charge in [-0.15, -0.1) is 0 Å². The lowest BCUT2D eigenvalue weighted by molar-refractivity contribution is 0.533. The van der Waals surface area contributed by atoms with Gasteiger partial charge in [0.2, 0.25) is 0 Å². The van der Waals surface area contributed by atoms with Crippen LogP contribution in [-0.4, -0.2) is 33.2 Å². The minimum Gasteiger partial charge on any atom is -0.317 e. The average molecular weight is 156 g/mol. The first-order chi connectivity index (χ1) is 5.31. The van der Waals surface area contributed by atoms with Crippen molar-refractivity contribution in [1.82, 2.24) is 16.0 Å². The summed E-state index contributed by atoms with van der Waals surface area (Å²) in [5, 5.41) is 9.82. The van der Waals surface area contributed by atoms with Crippen LogP contribution in [0, 0.1) is 6.04 Å². The van der Waals surface area contributed by atoms with Crippen LogP contribution in [0.4, 0.5) is 0 Å². The van der Waals surface area contributed by atoms with Gasteiger partial charge >= 0.3 is 0 Å². The van der Waals surface area contributed by atoms with E-state index in [1.54, 1.807) is 0 Å². The molecule has 11 heavy (non-hydrogen) atoms.